The van der Waals surface area contributed by atoms with Crippen LogP contribution in [-0.2, 0) is 4.79 Å². The van der Waals surface area contributed by atoms with E-state index in [-0.39, 0.29) is 35.1 Å². The summed E-state index contributed by atoms with van der Waals surface area (Å²) in [6.07, 6.45) is 0.298. The zero-order chi connectivity index (χ0) is 17.1. The number of carbonyl (C=O) groups is 2. The molecule has 1 aromatic carbocycles. The maximum atomic E-state index is 11.9. The van der Waals surface area contributed by atoms with Crippen LogP contribution in [0.3, 0.4) is 0 Å². The lowest BCUT2D eigenvalue weighted by atomic mass is 10.1. The van der Waals surface area contributed by atoms with Crippen LogP contribution in [0.1, 0.15) is 30.6 Å². The summed E-state index contributed by atoms with van der Waals surface area (Å²) in [7, 11) is 1.46. The number of rotatable bonds is 5. The topological polar surface area (TPSA) is 105 Å². The number of likely N-dealkylation sites (tertiary alicyclic amines) is 1. The number of nitro benzene ring substituents is 1. The monoisotopic (exact) mass is 320 g/mol. The Kier molecular flexibility index (Phi) is 4.83. The number of benzene rings is 1. The SMILES string of the molecule is CNC(=O)c1ccc(NC2CC(=O)N(C(C)C)C2)c([N+](=O)[O-])c1. The van der Waals surface area contributed by atoms with Gasteiger partial charge in [0, 0.05) is 37.7 Å². The molecule has 0 radical (unpaired) electrons. The van der Waals surface area contributed by atoms with E-state index in [1.54, 1.807) is 4.90 Å². The van der Waals surface area contributed by atoms with E-state index in [2.05, 4.69) is 10.6 Å². The van der Waals surface area contributed by atoms with Crippen molar-refractivity contribution in [3.8, 4) is 0 Å². The second kappa shape index (κ2) is 6.64. The van der Waals surface area contributed by atoms with Crippen LogP contribution in [0.5, 0.6) is 0 Å². The fourth-order valence-corrected chi connectivity index (χ4v) is 2.64. The zero-order valence-corrected chi connectivity index (χ0v) is 13.3. The molecule has 1 heterocycles. The fraction of sp³-hybridized carbons (Fsp3) is 0.467. The van der Waals surface area contributed by atoms with Crippen molar-refractivity contribution in [2.45, 2.75) is 32.4 Å². The first-order valence-corrected chi connectivity index (χ1v) is 7.40. The Balaban J connectivity index is 2.22. The van der Waals surface area contributed by atoms with Crippen LogP contribution in [-0.4, -0.2) is 47.3 Å². The van der Waals surface area contributed by atoms with E-state index in [0.29, 0.717) is 18.7 Å². The highest BCUT2D eigenvalue weighted by atomic mass is 16.6. The van der Waals surface area contributed by atoms with Gasteiger partial charge in [0.05, 0.1) is 11.0 Å². The van der Waals surface area contributed by atoms with Crippen molar-refractivity contribution in [2.75, 3.05) is 18.9 Å². The molecule has 0 saturated carbocycles. The van der Waals surface area contributed by atoms with Crippen molar-refractivity contribution in [1.82, 2.24) is 10.2 Å². The molecule has 1 atom stereocenters. The highest BCUT2D eigenvalue weighted by molar-refractivity contribution is 5.95. The molecule has 124 valence electrons. The molecule has 0 spiro atoms. The summed E-state index contributed by atoms with van der Waals surface area (Å²) >= 11 is 0. The van der Waals surface area contributed by atoms with Gasteiger partial charge in [0.15, 0.2) is 0 Å². The summed E-state index contributed by atoms with van der Waals surface area (Å²) in [5, 5.41) is 16.7. The number of hydrogen-bond acceptors (Lipinski definition) is 5. The Morgan fingerprint density at radius 1 is 1.43 bits per heavy atom. The van der Waals surface area contributed by atoms with E-state index in [1.807, 2.05) is 13.8 Å². The smallest absolute Gasteiger partial charge is 0.293 e. The zero-order valence-electron chi connectivity index (χ0n) is 13.3. The quantitative estimate of drug-likeness (QED) is 0.630. The number of carbonyl (C=O) groups excluding carboxylic acids is 2. The van der Waals surface area contributed by atoms with E-state index < -0.39 is 4.92 Å². The van der Waals surface area contributed by atoms with Gasteiger partial charge in [0.25, 0.3) is 11.6 Å². The van der Waals surface area contributed by atoms with Gasteiger partial charge in [0.2, 0.25) is 5.91 Å². The van der Waals surface area contributed by atoms with E-state index in [9.17, 15) is 19.7 Å². The lowest BCUT2D eigenvalue weighted by Crippen LogP contribution is -2.33. The van der Waals surface area contributed by atoms with Crippen LogP contribution in [0.25, 0.3) is 0 Å². The number of hydrogen-bond donors (Lipinski definition) is 2. The summed E-state index contributed by atoms with van der Waals surface area (Å²) in [6.45, 7) is 4.37. The molecule has 0 aliphatic carbocycles. The lowest BCUT2D eigenvalue weighted by Gasteiger charge is -2.21. The Bertz CT molecular complexity index is 644. The maximum Gasteiger partial charge on any atom is 0.293 e. The molecule has 2 amide bonds. The van der Waals surface area contributed by atoms with E-state index in [0.717, 1.165) is 0 Å². The Morgan fingerprint density at radius 2 is 2.13 bits per heavy atom. The van der Waals surface area contributed by atoms with Gasteiger partial charge >= 0.3 is 0 Å². The lowest BCUT2D eigenvalue weighted by molar-refractivity contribution is -0.384. The summed E-state index contributed by atoms with van der Waals surface area (Å²) in [5.41, 5.74) is 0.351. The van der Waals surface area contributed by atoms with Crippen LogP contribution < -0.4 is 10.6 Å². The Morgan fingerprint density at radius 3 is 2.65 bits per heavy atom. The van der Waals surface area contributed by atoms with Crippen molar-refractivity contribution >= 4 is 23.2 Å². The van der Waals surface area contributed by atoms with Crippen LogP contribution in [0.2, 0.25) is 0 Å². The van der Waals surface area contributed by atoms with Gasteiger partial charge < -0.3 is 15.5 Å². The van der Waals surface area contributed by atoms with Crippen LogP contribution in [0, 0.1) is 10.1 Å². The average molecular weight is 320 g/mol. The minimum atomic E-state index is -0.536. The molecule has 8 heteroatoms. The molecule has 0 bridgehead atoms. The van der Waals surface area contributed by atoms with Gasteiger partial charge in [-0.05, 0) is 26.0 Å². The summed E-state index contributed by atoms with van der Waals surface area (Å²) in [5.74, 6) is -0.358. The number of amides is 2. The Hall–Kier alpha value is -2.64. The van der Waals surface area contributed by atoms with Crippen molar-refractivity contribution < 1.29 is 14.5 Å². The molecule has 1 fully saturated rings. The van der Waals surface area contributed by atoms with Gasteiger partial charge in [-0.25, -0.2) is 0 Å². The first kappa shape index (κ1) is 16.7. The molecule has 0 aromatic heterocycles. The standard InChI is InChI=1S/C15H20N4O4/c1-9(2)18-8-11(7-14(18)20)17-12-5-4-10(15(21)16-3)6-13(12)19(22)23/h4-6,9,11,17H,7-8H2,1-3H3,(H,16,21). The first-order valence-electron chi connectivity index (χ1n) is 7.40. The Labute approximate surface area is 134 Å². The molecule has 1 aliphatic heterocycles. The molecular weight excluding hydrogens is 300 g/mol. The third kappa shape index (κ3) is 3.58. The van der Waals surface area contributed by atoms with Crippen molar-refractivity contribution in [1.29, 1.82) is 0 Å². The molecule has 1 aliphatic rings. The fourth-order valence-electron chi connectivity index (χ4n) is 2.64. The van der Waals surface area contributed by atoms with Gasteiger partial charge in [-0.3, -0.25) is 19.7 Å². The van der Waals surface area contributed by atoms with E-state index in [4.69, 9.17) is 0 Å². The molecule has 23 heavy (non-hydrogen) atoms. The number of nitrogens with zero attached hydrogens (tertiary/aromatic N) is 2. The van der Waals surface area contributed by atoms with Crippen LogP contribution >= 0.6 is 0 Å². The molecule has 1 aromatic rings. The van der Waals surface area contributed by atoms with Gasteiger partial charge in [-0.15, -0.1) is 0 Å². The molecule has 8 nitrogen and oxygen atoms in total. The van der Waals surface area contributed by atoms with E-state index in [1.165, 1.54) is 25.2 Å². The van der Waals surface area contributed by atoms with Crippen molar-refractivity contribution in [3.63, 3.8) is 0 Å². The molecule has 2 N–H and O–H groups in total. The van der Waals surface area contributed by atoms with Gasteiger partial charge in [0.1, 0.15) is 5.69 Å². The van der Waals surface area contributed by atoms with E-state index >= 15 is 0 Å². The number of nitro groups is 1. The second-order valence-corrected chi connectivity index (χ2v) is 5.75. The van der Waals surface area contributed by atoms with Crippen molar-refractivity contribution in [2.24, 2.45) is 0 Å². The molecule has 1 saturated heterocycles. The molecular formula is C15H20N4O4. The molecule has 1 unspecified atom stereocenters. The predicted molar refractivity (Wildman–Crippen MR) is 85.4 cm³/mol. The summed E-state index contributed by atoms with van der Waals surface area (Å²) in [6, 6.07) is 4.17. The third-order valence-corrected chi connectivity index (χ3v) is 3.83. The third-order valence-electron chi connectivity index (χ3n) is 3.83. The highest BCUT2D eigenvalue weighted by Gasteiger charge is 2.32. The minimum absolute atomic E-state index is 0.0298. The largest absolute Gasteiger partial charge is 0.374 e. The molecule has 2 rings (SSSR count). The second-order valence-electron chi connectivity index (χ2n) is 5.75. The van der Waals surface area contributed by atoms with Gasteiger partial charge in [-0.1, -0.05) is 0 Å². The van der Waals surface area contributed by atoms with Gasteiger partial charge in [-0.2, -0.15) is 0 Å². The number of nitrogens with one attached hydrogen (secondary N) is 2. The first-order chi connectivity index (χ1) is 10.8. The summed E-state index contributed by atoms with van der Waals surface area (Å²) in [4.78, 5) is 36.0. The summed E-state index contributed by atoms with van der Waals surface area (Å²) < 4.78 is 0. The average Bonchev–Trinajstić information content (AvgIpc) is 2.87. The van der Waals surface area contributed by atoms with Crippen LogP contribution in [0.15, 0.2) is 18.2 Å². The normalized spacial score (nSPS) is 17.5. The number of anilines is 1. The predicted octanol–water partition coefficient (Wildman–Crippen LogP) is 1.38. The maximum absolute atomic E-state index is 11.9. The highest BCUT2D eigenvalue weighted by Crippen LogP contribution is 2.28. The van der Waals surface area contributed by atoms with Crippen molar-refractivity contribution in [3.05, 3.63) is 33.9 Å². The minimum Gasteiger partial charge on any atom is -0.374 e. The van der Waals surface area contributed by atoms with Crippen LogP contribution in [0.4, 0.5) is 11.4 Å².